The quantitative estimate of drug-likeness (QED) is 0.877. The van der Waals surface area contributed by atoms with Crippen molar-refractivity contribution in [1.82, 2.24) is 0 Å². The number of nitrogens with one attached hydrogen (secondary N) is 1. The number of benzene rings is 1. The second-order valence-electron chi connectivity index (χ2n) is 5.82. The van der Waals surface area contributed by atoms with Crippen LogP contribution in [0.2, 0.25) is 5.02 Å². The number of anilines is 1. The van der Waals surface area contributed by atoms with Crippen LogP contribution in [0.4, 0.5) is 5.69 Å². The van der Waals surface area contributed by atoms with E-state index >= 15 is 0 Å². The van der Waals surface area contributed by atoms with Gasteiger partial charge in [-0.3, -0.25) is 4.79 Å². The normalized spacial score (nSPS) is 17.7. The van der Waals surface area contributed by atoms with Crippen LogP contribution in [0.5, 0.6) is 5.75 Å². The zero-order valence-corrected chi connectivity index (χ0v) is 12.8. The van der Waals surface area contributed by atoms with Crippen molar-refractivity contribution in [1.29, 1.82) is 0 Å². The van der Waals surface area contributed by atoms with E-state index in [2.05, 4.69) is 5.32 Å². The summed E-state index contributed by atoms with van der Waals surface area (Å²) in [7, 11) is 0. The minimum absolute atomic E-state index is 0.0511. The van der Waals surface area contributed by atoms with Crippen molar-refractivity contribution >= 4 is 23.2 Å². The van der Waals surface area contributed by atoms with E-state index in [1.807, 2.05) is 13.8 Å². The number of carbonyl (C=O) groups is 1. The maximum absolute atomic E-state index is 12.2. The molecule has 1 unspecified atom stereocenters. The minimum Gasteiger partial charge on any atom is -0.489 e. The fourth-order valence-corrected chi connectivity index (χ4v) is 2.29. The molecule has 1 amide bonds. The maximum atomic E-state index is 12.2. The lowest BCUT2D eigenvalue weighted by atomic mass is 9.96. The molecular weight excluding hydrogens is 276 g/mol. The molecule has 1 aromatic carbocycles. The maximum Gasteiger partial charge on any atom is 0.244 e. The predicted molar refractivity (Wildman–Crippen MR) is 81.2 cm³/mol. The Bertz CT molecular complexity index is 511. The van der Waals surface area contributed by atoms with E-state index in [0.29, 0.717) is 16.5 Å². The highest BCUT2D eigenvalue weighted by Crippen LogP contribution is 2.38. The van der Waals surface area contributed by atoms with E-state index in [-0.39, 0.29) is 17.9 Å². The Labute approximate surface area is 124 Å². The molecule has 0 bridgehead atoms. The zero-order chi connectivity index (χ0) is 14.9. The molecule has 0 spiro atoms. The van der Waals surface area contributed by atoms with Gasteiger partial charge in [0.25, 0.3) is 0 Å². The van der Waals surface area contributed by atoms with Crippen molar-refractivity contribution in [2.24, 2.45) is 11.7 Å². The van der Waals surface area contributed by atoms with Gasteiger partial charge >= 0.3 is 0 Å². The van der Waals surface area contributed by atoms with Gasteiger partial charge in [0.05, 0.1) is 16.7 Å². The molecule has 3 N–H and O–H groups in total. The van der Waals surface area contributed by atoms with E-state index in [1.165, 1.54) is 0 Å². The molecule has 1 saturated carbocycles. The van der Waals surface area contributed by atoms with Crippen LogP contribution < -0.4 is 15.8 Å². The van der Waals surface area contributed by atoms with Gasteiger partial charge in [-0.25, -0.2) is 0 Å². The molecule has 1 aromatic rings. The number of carbonyl (C=O) groups excluding carboxylic acids is 1. The SMILES string of the molecule is CC(C)Oc1ccc(NC(=O)C(C)(N)C2CC2)cc1Cl. The highest BCUT2D eigenvalue weighted by molar-refractivity contribution is 6.32. The van der Waals surface area contributed by atoms with Crippen LogP contribution in [-0.2, 0) is 4.79 Å². The molecule has 0 saturated heterocycles. The number of amides is 1. The fourth-order valence-electron chi connectivity index (χ4n) is 2.06. The second kappa shape index (κ2) is 5.62. The molecule has 0 aliphatic heterocycles. The number of ether oxygens (including phenoxy) is 1. The Kier molecular flexibility index (Phi) is 4.25. The predicted octanol–water partition coefficient (Wildman–Crippen LogP) is 3.19. The summed E-state index contributed by atoms with van der Waals surface area (Å²) in [5.41, 5.74) is 5.89. The van der Waals surface area contributed by atoms with E-state index < -0.39 is 5.54 Å². The lowest BCUT2D eigenvalue weighted by Gasteiger charge is -2.23. The first-order valence-corrected chi connectivity index (χ1v) is 7.25. The molecule has 0 aromatic heterocycles. The number of hydrogen-bond acceptors (Lipinski definition) is 3. The number of halogens is 1. The van der Waals surface area contributed by atoms with Gasteiger partial charge in [0.15, 0.2) is 0 Å². The van der Waals surface area contributed by atoms with E-state index in [1.54, 1.807) is 25.1 Å². The Balaban J connectivity index is 2.06. The van der Waals surface area contributed by atoms with Gasteiger partial charge in [0.2, 0.25) is 5.91 Å². The minimum atomic E-state index is -0.820. The molecule has 110 valence electrons. The molecule has 4 nitrogen and oxygen atoms in total. The Morgan fingerprint density at radius 3 is 2.65 bits per heavy atom. The van der Waals surface area contributed by atoms with Crippen molar-refractivity contribution in [2.45, 2.75) is 45.3 Å². The molecule has 5 heteroatoms. The van der Waals surface area contributed by atoms with Crippen LogP contribution in [0.25, 0.3) is 0 Å². The summed E-state index contributed by atoms with van der Waals surface area (Å²) in [5, 5.41) is 3.29. The van der Waals surface area contributed by atoms with Crippen molar-refractivity contribution in [3.05, 3.63) is 23.2 Å². The molecule has 2 rings (SSSR count). The number of rotatable bonds is 5. The third-order valence-corrected chi connectivity index (χ3v) is 3.76. The van der Waals surface area contributed by atoms with Crippen molar-refractivity contribution in [2.75, 3.05) is 5.32 Å². The van der Waals surface area contributed by atoms with E-state index in [0.717, 1.165) is 12.8 Å². The highest BCUT2D eigenvalue weighted by Gasteiger charge is 2.44. The van der Waals surface area contributed by atoms with Crippen LogP contribution in [0, 0.1) is 5.92 Å². The van der Waals surface area contributed by atoms with Crippen LogP contribution in [0.15, 0.2) is 18.2 Å². The highest BCUT2D eigenvalue weighted by atomic mass is 35.5. The molecule has 1 aliphatic rings. The monoisotopic (exact) mass is 296 g/mol. The largest absolute Gasteiger partial charge is 0.489 e. The number of hydrogen-bond donors (Lipinski definition) is 2. The van der Waals surface area contributed by atoms with Crippen molar-refractivity contribution < 1.29 is 9.53 Å². The Morgan fingerprint density at radius 1 is 1.50 bits per heavy atom. The molecule has 0 radical (unpaired) electrons. The van der Waals surface area contributed by atoms with Gasteiger partial charge in [-0.15, -0.1) is 0 Å². The summed E-state index contributed by atoms with van der Waals surface area (Å²) >= 11 is 6.14. The topological polar surface area (TPSA) is 64.3 Å². The summed E-state index contributed by atoms with van der Waals surface area (Å²) in [6, 6.07) is 5.20. The van der Waals surface area contributed by atoms with Gasteiger partial charge in [-0.2, -0.15) is 0 Å². The zero-order valence-electron chi connectivity index (χ0n) is 12.1. The van der Waals surface area contributed by atoms with Crippen LogP contribution in [0.3, 0.4) is 0 Å². The van der Waals surface area contributed by atoms with Crippen LogP contribution in [-0.4, -0.2) is 17.6 Å². The summed E-state index contributed by atoms with van der Waals surface area (Å²) in [6.07, 6.45) is 2.08. The first-order valence-electron chi connectivity index (χ1n) is 6.87. The second-order valence-corrected chi connectivity index (χ2v) is 6.23. The van der Waals surface area contributed by atoms with Crippen LogP contribution in [0.1, 0.15) is 33.6 Å². The molecule has 1 aliphatic carbocycles. The molecule has 0 heterocycles. The molecule has 20 heavy (non-hydrogen) atoms. The van der Waals surface area contributed by atoms with Gasteiger partial charge in [-0.05, 0) is 57.7 Å². The van der Waals surface area contributed by atoms with Gasteiger partial charge < -0.3 is 15.8 Å². The molecular formula is C15H21ClN2O2. The number of nitrogens with two attached hydrogens (primary N) is 1. The molecule has 1 fully saturated rings. The first-order chi connectivity index (χ1) is 9.30. The first kappa shape index (κ1) is 15.1. The lowest BCUT2D eigenvalue weighted by Crippen LogP contribution is -2.50. The Hall–Kier alpha value is -1.26. The van der Waals surface area contributed by atoms with Crippen molar-refractivity contribution in [3.63, 3.8) is 0 Å². The van der Waals surface area contributed by atoms with E-state index in [9.17, 15) is 4.79 Å². The van der Waals surface area contributed by atoms with Gasteiger partial charge in [0.1, 0.15) is 5.75 Å². The standard InChI is InChI=1S/C15H21ClN2O2/c1-9(2)20-13-7-6-11(8-12(13)16)18-14(19)15(3,17)10-4-5-10/h6-10H,4-5,17H2,1-3H3,(H,18,19). The van der Waals surface area contributed by atoms with E-state index in [4.69, 9.17) is 22.1 Å². The third-order valence-electron chi connectivity index (χ3n) is 3.47. The summed E-state index contributed by atoms with van der Waals surface area (Å²) in [4.78, 5) is 12.2. The summed E-state index contributed by atoms with van der Waals surface area (Å²) in [5.74, 6) is 0.715. The summed E-state index contributed by atoms with van der Waals surface area (Å²) in [6.45, 7) is 5.64. The van der Waals surface area contributed by atoms with Crippen LogP contribution >= 0.6 is 11.6 Å². The fraction of sp³-hybridized carbons (Fsp3) is 0.533. The lowest BCUT2D eigenvalue weighted by molar-refractivity contribution is -0.121. The van der Waals surface area contributed by atoms with Crippen molar-refractivity contribution in [3.8, 4) is 5.75 Å². The average molecular weight is 297 g/mol. The van der Waals surface area contributed by atoms with Gasteiger partial charge in [0, 0.05) is 5.69 Å². The molecule has 1 atom stereocenters. The summed E-state index contributed by atoms with van der Waals surface area (Å²) < 4.78 is 5.55. The van der Waals surface area contributed by atoms with Gasteiger partial charge in [-0.1, -0.05) is 11.6 Å². The Morgan fingerprint density at radius 2 is 2.15 bits per heavy atom. The third kappa shape index (κ3) is 3.44. The average Bonchev–Trinajstić information content (AvgIpc) is 3.16. The smallest absolute Gasteiger partial charge is 0.244 e.